The van der Waals surface area contributed by atoms with E-state index in [1.54, 1.807) is 17.0 Å². The summed E-state index contributed by atoms with van der Waals surface area (Å²) in [4.78, 5) is 12.5. The fourth-order valence-electron chi connectivity index (χ4n) is 2.26. The minimum Gasteiger partial charge on any atom is -0.488 e. The lowest BCUT2D eigenvalue weighted by Crippen LogP contribution is -2.38. The van der Waals surface area contributed by atoms with Gasteiger partial charge in [0.1, 0.15) is 17.7 Å². The molecule has 0 saturated heterocycles. The molecule has 1 aliphatic rings. The van der Waals surface area contributed by atoms with Gasteiger partial charge in [-0.05, 0) is 18.2 Å². The molecule has 2 rings (SSSR count). The topological polar surface area (TPSA) is 49.8 Å². The number of nitrogens with zero attached hydrogens (tertiary/aromatic N) is 1. The zero-order valence-corrected chi connectivity index (χ0v) is 10.5. The van der Waals surface area contributed by atoms with Crippen LogP contribution in [0.1, 0.15) is 5.56 Å². The Morgan fingerprint density at radius 2 is 2.42 bits per heavy atom. The van der Waals surface area contributed by atoms with E-state index in [-0.39, 0.29) is 18.5 Å². The molecule has 0 amide bonds. The van der Waals surface area contributed by atoms with Crippen LogP contribution in [0.4, 0.5) is 4.39 Å². The Morgan fingerprint density at radius 1 is 1.63 bits per heavy atom. The van der Waals surface area contributed by atoms with Crippen molar-refractivity contribution in [3.8, 4) is 5.75 Å². The first-order valence-corrected chi connectivity index (χ1v) is 6.08. The molecule has 1 N–H and O–H groups in total. The van der Waals surface area contributed by atoms with Crippen LogP contribution in [0, 0.1) is 5.82 Å². The second kappa shape index (κ2) is 5.84. The molecule has 1 aliphatic heterocycles. The fourth-order valence-corrected chi connectivity index (χ4v) is 2.26. The van der Waals surface area contributed by atoms with Crippen molar-refractivity contribution in [2.75, 3.05) is 19.6 Å². The second-order valence-electron chi connectivity index (χ2n) is 4.57. The van der Waals surface area contributed by atoms with Gasteiger partial charge >= 0.3 is 5.97 Å². The SMILES string of the molecule is C=CCN(CC(=O)O)CC1Cc2cc(F)ccc2O1. The first kappa shape index (κ1) is 13.5. The molecule has 1 heterocycles. The number of carbonyl (C=O) groups is 1. The lowest BCUT2D eigenvalue weighted by molar-refractivity contribution is -0.138. The summed E-state index contributed by atoms with van der Waals surface area (Å²) in [5, 5.41) is 8.83. The van der Waals surface area contributed by atoms with Crippen LogP contribution < -0.4 is 4.74 Å². The highest BCUT2D eigenvalue weighted by atomic mass is 19.1. The summed E-state index contributed by atoms with van der Waals surface area (Å²) in [6.07, 6.45) is 2.11. The lowest BCUT2D eigenvalue weighted by atomic mass is 10.1. The predicted octanol–water partition coefficient (Wildman–Crippen LogP) is 1.70. The first-order valence-electron chi connectivity index (χ1n) is 6.08. The number of fused-ring (bicyclic) bond motifs is 1. The van der Waals surface area contributed by atoms with Gasteiger partial charge in [-0.25, -0.2) is 4.39 Å². The minimum atomic E-state index is -0.886. The third-order valence-corrected chi connectivity index (χ3v) is 2.97. The number of carboxylic acids is 1. The van der Waals surface area contributed by atoms with Crippen molar-refractivity contribution in [1.82, 2.24) is 4.90 Å². The summed E-state index contributed by atoms with van der Waals surface area (Å²) in [7, 11) is 0. The zero-order valence-electron chi connectivity index (χ0n) is 10.5. The largest absolute Gasteiger partial charge is 0.488 e. The number of rotatable bonds is 6. The van der Waals surface area contributed by atoms with Gasteiger partial charge in [0.2, 0.25) is 0 Å². The van der Waals surface area contributed by atoms with Crippen LogP contribution in [-0.4, -0.2) is 41.7 Å². The second-order valence-corrected chi connectivity index (χ2v) is 4.57. The molecular formula is C14H16FNO3. The third-order valence-electron chi connectivity index (χ3n) is 2.97. The highest BCUT2D eigenvalue weighted by Crippen LogP contribution is 2.29. The molecule has 1 aromatic rings. The van der Waals surface area contributed by atoms with E-state index >= 15 is 0 Å². The van der Waals surface area contributed by atoms with E-state index in [2.05, 4.69) is 6.58 Å². The molecule has 0 saturated carbocycles. The van der Waals surface area contributed by atoms with Crippen LogP contribution in [-0.2, 0) is 11.2 Å². The number of hydrogen-bond acceptors (Lipinski definition) is 3. The standard InChI is InChI=1S/C14H16FNO3/c1-2-5-16(9-14(17)18)8-12-7-10-6-11(15)3-4-13(10)19-12/h2-4,6,12H,1,5,7-9H2,(H,17,18). The quantitative estimate of drug-likeness (QED) is 0.795. The van der Waals surface area contributed by atoms with E-state index in [0.717, 1.165) is 5.56 Å². The maximum Gasteiger partial charge on any atom is 0.317 e. The summed E-state index contributed by atoms with van der Waals surface area (Å²) in [5.41, 5.74) is 0.832. The van der Waals surface area contributed by atoms with E-state index in [1.165, 1.54) is 12.1 Å². The molecule has 1 unspecified atom stereocenters. The van der Waals surface area contributed by atoms with Crippen LogP contribution >= 0.6 is 0 Å². The van der Waals surface area contributed by atoms with Crippen molar-refractivity contribution in [2.45, 2.75) is 12.5 Å². The summed E-state index contributed by atoms with van der Waals surface area (Å²) in [6.45, 7) is 4.51. The number of halogens is 1. The molecule has 1 atom stereocenters. The lowest BCUT2D eigenvalue weighted by Gasteiger charge is -2.22. The van der Waals surface area contributed by atoms with Gasteiger partial charge in [0.05, 0.1) is 6.54 Å². The Kier molecular flexibility index (Phi) is 4.16. The Balaban J connectivity index is 1.97. The van der Waals surface area contributed by atoms with E-state index in [4.69, 9.17) is 9.84 Å². The van der Waals surface area contributed by atoms with E-state index in [0.29, 0.717) is 25.3 Å². The van der Waals surface area contributed by atoms with Crippen molar-refractivity contribution in [3.63, 3.8) is 0 Å². The van der Waals surface area contributed by atoms with Gasteiger partial charge in [-0.15, -0.1) is 6.58 Å². The van der Waals surface area contributed by atoms with Crippen molar-refractivity contribution in [2.24, 2.45) is 0 Å². The smallest absolute Gasteiger partial charge is 0.317 e. The summed E-state index contributed by atoms with van der Waals surface area (Å²) in [6, 6.07) is 4.43. The van der Waals surface area contributed by atoms with Crippen molar-refractivity contribution in [3.05, 3.63) is 42.2 Å². The van der Waals surface area contributed by atoms with Gasteiger partial charge in [0.15, 0.2) is 0 Å². The van der Waals surface area contributed by atoms with Gasteiger partial charge in [-0.3, -0.25) is 9.69 Å². The van der Waals surface area contributed by atoms with Crippen molar-refractivity contribution in [1.29, 1.82) is 0 Å². The van der Waals surface area contributed by atoms with E-state index in [9.17, 15) is 9.18 Å². The van der Waals surface area contributed by atoms with Crippen LogP contribution in [0.15, 0.2) is 30.9 Å². The first-order chi connectivity index (χ1) is 9.08. The Bertz CT molecular complexity index is 490. The van der Waals surface area contributed by atoms with Crippen molar-refractivity contribution < 1.29 is 19.0 Å². The molecule has 0 aromatic heterocycles. The van der Waals surface area contributed by atoms with Crippen LogP contribution in [0.25, 0.3) is 0 Å². The van der Waals surface area contributed by atoms with Crippen LogP contribution in [0.2, 0.25) is 0 Å². The van der Waals surface area contributed by atoms with Gasteiger partial charge in [0, 0.05) is 25.1 Å². The highest BCUT2D eigenvalue weighted by Gasteiger charge is 2.25. The maximum atomic E-state index is 13.1. The summed E-state index contributed by atoms with van der Waals surface area (Å²) >= 11 is 0. The van der Waals surface area contributed by atoms with Gasteiger partial charge in [-0.1, -0.05) is 6.08 Å². The van der Waals surface area contributed by atoms with E-state index < -0.39 is 5.97 Å². The molecule has 0 radical (unpaired) electrons. The van der Waals surface area contributed by atoms with Gasteiger partial charge < -0.3 is 9.84 Å². The molecular weight excluding hydrogens is 249 g/mol. The number of benzene rings is 1. The predicted molar refractivity (Wildman–Crippen MR) is 68.8 cm³/mol. The molecule has 0 bridgehead atoms. The molecule has 102 valence electrons. The molecule has 1 aromatic carbocycles. The molecule has 5 heteroatoms. The molecule has 0 spiro atoms. The number of aliphatic carboxylic acids is 1. The highest BCUT2D eigenvalue weighted by molar-refractivity contribution is 5.69. The number of carboxylic acid groups (broad SMARTS) is 1. The Labute approximate surface area is 111 Å². The monoisotopic (exact) mass is 265 g/mol. The van der Waals surface area contributed by atoms with Crippen LogP contribution in [0.5, 0.6) is 5.75 Å². The minimum absolute atomic E-state index is 0.0589. The summed E-state index contributed by atoms with van der Waals surface area (Å²) < 4.78 is 18.8. The fraction of sp³-hybridized carbons (Fsp3) is 0.357. The molecule has 0 fully saturated rings. The van der Waals surface area contributed by atoms with E-state index in [1.807, 2.05) is 0 Å². The Morgan fingerprint density at radius 3 is 3.11 bits per heavy atom. The summed E-state index contributed by atoms with van der Waals surface area (Å²) in [5.74, 6) is -0.486. The van der Waals surface area contributed by atoms with Crippen molar-refractivity contribution >= 4 is 5.97 Å². The van der Waals surface area contributed by atoms with Gasteiger partial charge in [0.25, 0.3) is 0 Å². The number of ether oxygens (including phenoxy) is 1. The average molecular weight is 265 g/mol. The van der Waals surface area contributed by atoms with Gasteiger partial charge in [-0.2, -0.15) is 0 Å². The maximum absolute atomic E-state index is 13.1. The molecule has 0 aliphatic carbocycles. The number of hydrogen-bond donors (Lipinski definition) is 1. The Hall–Kier alpha value is -1.88. The zero-order chi connectivity index (χ0) is 13.8. The molecule has 19 heavy (non-hydrogen) atoms. The third kappa shape index (κ3) is 3.54. The average Bonchev–Trinajstić information content (AvgIpc) is 2.69. The molecule has 4 nitrogen and oxygen atoms in total. The van der Waals surface area contributed by atoms with Crippen LogP contribution in [0.3, 0.4) is 0 Å². The normalized spacial score (nSPS) is 17.1.